The van der Waals surface area contributed by atoms with Crippen LogP contribution in [-0.4, -0.2) is 20.9 Å². The number of carboxylic acid groups (broad SMARTS) is 1. The lowest BCUT2D eigenvalue weighted by Crippen LogP contribution is -2.05. The van der Waals surface area contributed by atoms with Crippen molar-refractivity contribution in [2.24, 2.45) is 0 Å². The lowest BCUT2D eigenvalue weighted by Gasteiger charge is -2.13. The van der Waals surface area contributed by atoms with Gasteiger partial charge in [-0.3, -0.25) is 0 Å². The van der Waals surface area contributed by atoms with Crippen LogP contribution in [0.4, 0.5) is 0 Å². The van der Waals surface area contributed by atoms with Crippen LogP contribution in [0.2, 0.25) is 5.02 Å². The normalized spacial score (nSPS) is 23.1. The molecule has 0 spiro atoms. The Morgan fingerprint density at radius 2 is 1.95 bits per heavy atom. The molecule has 102 valence electrons. The van der Waals surface area contributed by atoms with E-state index in [1.54, 1.807) is 16.8 Å². The largest absolute Gasteiger partial charge is 0.476 e. The van der Waals surface area contributed by atoms with Gasteiger partial charge < -0.3 is 5.11 Å². The summed E-state index contributed by atoms with van der Waals surface area (Å²) in [5, 5.41) is 14.4. The number of aromatic nitrogens is 2. The molecule has 1 aromatic carbocycles. The van der Waals surface area contributed by atoms with Gasteiger partial charge in [0.15, 0.2) is 5.69 Å². The van der Waals surface area contributed by atoms with Gasteiger partial charge in [0.1, 0.15) is 0 Å². The number of carboxylic acids is 1. The molecule has 2 aliphatic carbocycles. The molecule has 1 aromatic heterocycles. The maximum absolute atomic E-state index is 11.4. The molecular formula is C15H13ClN2O2. The average molecular weight is 289 g/mol. The van der Waals surface area contributed by atoms with Crippen LogP contribution in [0.5, 0.6) is 0 Å². The van der Waals surface area contributed by atoms with E-state index in [1.807, 2.05) is 12.1 Å². The zero-order chi connectivity index (χ0) is 13.9. The molecule has 1 N–H and O–H groups in total. The van der Waals surface area contributed by atoms with Gasteiger partial charge in [-0.2, -0.15) is 5.10 Å². The third kappa shape index (κ3) is 1.54. The number of halogens is 1. The molecular weight excluding hydrogens is 276 g/mol. The zero-order valence-corrected chi connectivity index (χ0v) is 11.5. The molecule has 0 radical (unpaired) electrons. The molecule has 1 fully saturated rings. The van der Waals surface area contributed by atoms with Crippen LogP contribution in [0.1, 0.15) is 52.8 Å². The fourth-order valence-corrected chi connectivity index (χ4v) is 3.79. The maximum atomic E-state index is 11.4. The highest BCUT2D eigenvalue weighted by Crippen LogP contribution is 2.54. The van der Waals surface area contributed by atoms with Crippen LogP contribution in [0.3, 0.4) is 0 Å². The van der Waals surface area contributed by atoms with Gasteiger partial charge in [-0.25, -0.2) is 9.48 Å². The van der Waals surface area contributed by atoms with E-state index in [9.17, 15) is 9.90 Å². The topological polar surface area (TPSA) is 55.1 Å². The molecule has 5 heteroatoms. The van der Waals surface area contributed by atoms with Gasteiger partial charge in [0.05, 0.1) is 11.4 Å². The predicted octanol–water partition coefficient (Wildman–Crippen LogP) is 3.59. The van der Waals surface area contributed by atoms with Gasteiger partial charge in [0, 0.05) is 16.5 Å². The lowest BCUT2D eigenvalue weighted by molar-refractivity contribution is 0.0688. The number of nitrogens with zero attached hydrogens (tertiary/aromatic N) is 2. The molecule has 4 nitrogen and oxygen atoms in total. The molecule has 1 saturated carbocycles. The van der Waals surface area contributed by atoms with Crippen LogP contribution < -0.4 is 0 Å². The van der Waals surface area contributed by atoms with E-state index in [4.69, 9.17) is 11.6 Å². The van der Waals surface area contributed by atoms with Crippen molar-refractivity contribution in [3.8, 4) is 5.69 Å². The van der Waals surface area contributed by atoms with E-state index in [2.05, 4.69) is 5.10 Å². The Morgan fingerprint density at radius 3 is 2.65 bits per heavy atom. The Balaban J connectivity index is 1.93. The molecule has 0 amide bonds. The number of hydrogen-bond donors (Lipinski definition) is 1. The Kier molecular flexibility index (Phi) is 2.45. The monoisotopic (exact) mass is 288 g/mol. The highest BCUT2D eigenvalue weighted by Gasteiger charge is 2.44. The van der Waals surface area contributed by atoms with Crippen molar-refractivity contribution in [3.63, 3.8) is 0 Å². The molecule has 0 unspecified atom stereocenters. The Hall–Kier alpha value is -1.81. The molecule has 20 heavy (non-hydrogen) atoms. The Labute approximate surface area is 121 Å². The fourth-order valence-electron chi connectivity index (χ4n) is 3.67. The van der Waals surface area contributed by atoms with E-state index in [0.717, 1.165) is 36.2 Å². The third-order valence-corrected chi connectivity index (χ3v) is 4.71. The summed E-state index contributed by atoms with van der Waals surface area (Å²) in [7, 11) is 0. The minimum Gasteiger partial charge on any atom is -0.476 e. The quantitative estimate of drug-likeness (QED) is 0.919. The average Bonchev–Trinajstić information content (AvgIpc) is 3.11. The first kappa shape index (κ1) is 12.0. The van der Waals surface area contributed by atoms with Gasteiger partial charge in [0.2, 0.25) is 0 Å². The first-order valence-corrected chi connectivity index (χ1v) is 7.15. The number of aromatic carboxylic acids is 1. The number of rotatable bonds is 2. The molecule has 2 bridgehead atoms. The van der Waals surface area contributed by atoms with Crippen molar-refractivity contribution >= 4 is 17.6 Å². The Morgan fingerprint density at radius 1 is 1.25 bits per heavy atom. The third-order valence-electron chi connectivity index (χ3n) is 4.46. The zero-order valence-electron chi connectivity index (χ0n) is 10.7. The van der Waals surface area contributed by atoms with Crippen LogP contribution in [0.15, 0.2) is 24.3 Å². The van der Waals surface area contributed by atoms with Crippen LogP contribution in [0, 0.1) is 0 Å². The predicted molar refractivity (Wildman–Crippen MR) is 74.9 cm³/mol. The molecule has 4 rings (SSSR count). The van der Waals surface area contributed by atoms with Gasteiger partial charge in [0.25, 0.3) is 0 Å². The number of fused-ring (bicyclic) bond motifs is 5. The molecule has 2 aromatic rings. The second-order valence-electron chi connectivity index (χ2n) is 5.55. The van der Waals surface area contributed by atoms with Crippen molar-refractivity contribution in [2.45, 2.75) is 31.1 Å². The highest BCUT2D eigenvalue weighted by molar-refractivity contribution is 6.30. The molecule has 0 saturated heterocycles. The summed E-state index contributed by atoms with van der Waals surface area (Å²) >= 11 is 5.91. The second-order valence-corrected chi connectivity index (χ2v) is 5.98. The van der Waals surface area contributed by atoms with Crippen molar-refractivity contribution in [1.29, 1.82) is 0 Å². The van der Waals surface area contributed by atoms with E-state index in [0.29, 0.717) is 16.9 Å². The lowest BCUT2D eigenvalue weighted by atomic mass is 9.95. The van der Waals surface area contributed by atoms with E-state index in [-0.39, 0.29) is 5.69 Å². The highest BCUT2D eigenvalue weighted by atomic mass is 35.5. The summed E-state index contributed by atoms with van der Waals surface area (Å²) in [5.74, 6) is -0.102. The van der Waals surface area contributed by atoms with Gasteiger partial charge in [-0.15, -0.1) is 0 Å². The summed E-state index contributed by atoms with van der Waals surface area (Å²) in [6, 6.07) is 7.37. The number of carbonyl (C=O) groups is 1. The SMILES string of the molecule is O=C(O)c1nn(-c2ccc(Cl)cc2)c2c1[C@H]1CC[C@@H]2C1. The number of benzene rings is 1. The van der Waals surface area contributed by atoms with Crippen molar-refractivity contribution < 1.29 is 9.90 Å². The summed E-state index contributed by atoms with van der Waals surface area (Å²) in [6.07, 6.45) is 3.29. The number of hydrogen-bond acceptors (Lipinski definition) is 2. The second kappa shape index (κ2) is 4.09. The summed E-state index contributed by atoms with van der Waals surface area (Å²) in [5.41, 5.74) is 3.16. The summed E-state index contributed by atoms with van der Waals surface area (Å²) < 4.78 is 1.80. The van der Waals surface area contributed by atoms with E-state index in [1.165, 1.54) is 0 Å². The molecule has 0 aliphatic heterocycles. The summed E-state index contributed by atoms with van der Waals surface area (Å²) in [6.45, 7) is 0. The smallest absolute Gasteiger partial charge is 0.356 e. The maximum Gasteiger partial charge on any atom is 0.356 e. The van der Waals surface area contributed by atoms with Gasteiger partial charge >= 0.3 is 5.97 Å². The van der Waals surface area contributed by atoms with Crippen molar-refractivity contribution in [3.05, 3.63) is 46.2 Å². The van der Waals surface area contributed by atoms with Crippen LogP contribution in [0.25, 0.3) is 5.69 Å². The van der Waals surface area contributed by atoms with Gasteiger partial charge in [-0.1, -0.05) is 11.6 Å². The minimum atomic E-state index is -0.929. The standard InChI is InChI=1S/C15H13ClN2O2/c16-10-3-5-11(6-4-10)18-14-9-2-1-8(7-9)12(14)13(17-18)15(19)20/h3-6,8-9H,1-2,7H2,(H,19,20)/t8-,9+/m0/s1. The van der Waals surface area contributed by atoms with Crippen molar-refractivity contribution in [1.82, 2.24) is 9.78 Å². The molecule has 1 heterocycles. The van der Waals surface area contributed by atoms with Crippen molar-refractivity contribution in [2.75, 3.05) is 0 Å². The summed E-state index contributed by atoms with van der Waals surface area (Å²) in [4.78, 5) is 11.4. The minimum absolute atomic E-state index is 0.224. The van der Waals surface area contributed by atoms with Crippen LogP contribution >= 0.6 is 11.6 Å². The first-order chi connectivity index (χ1) is 9.65. The van der Waals surface area contributed by atoms with E-state index < -0.39 is 5.97 Å². The van der Waals surface area contributed by atoms with Crippen LogP contribution in [-0.2, 0) is 0 Å². The molecule has 2 atom stereocenters. The fraction of sp³-hybridized carbons (Fsp3) is 0.333. The van der Waals surface area contributed by atoms with E-state index >= 15 is 0 Å². The first-order valence-electron chi connectivity index (χ1n) is 6.77. The Bertz CT molecular complexity index is 705. The van der Waals surface area contributed by atoms with Gasteiger partial charge in [-0.05, 0) is 49.4 Å². The molecule has 2 aliphatic rings.